The third-order valence-corrected chi connectivity index (χ3v) is 1.74. The van der Waals surface area contributed by atoms with E-state index < -0.39 is 0 Å². The van der Waals surface area contributed by atoms with Gasteiger partial charge < -0.3 is 14.2 Å². The van der Waals surface area contributed by atoms with E-state index in [2.05, 4.69) is 6.92 Å². The summed E-state index contributed by atoms with van der Waals surface area (Å²) in [6.07, 6.45) is 4.41. The van der Waals surface area contributed by atoms with Crippen LogP contribution in [0.25, 0.3) is 0 Å². The fourth-order valence-corrected chi connectivity index (χ4v) is 1.09. The normalized spacial score (nSPS) is 20.1. The fraction of sp³-hybridized carbons (Fsp3) is 0.700. The Kier molecular flexibility index (Phi) is 5.25. The van der Waals surface area contributed by atoms with E-state index in [1.807, 2.05) is 6.08 Å². The molecule has 14 heavy (non-hydrogen) atoms. The molecule has 4 heteroatoms. The molecule has 0 bridgehead atoms. The number of rotatable bonds is 7. The molecule has 4 nitrogen and oxygen atoms in total. The predicted octanol–water partition coefficient (Wildman–Crippen LogP) is 1.36. The number of hydrogen-bond donors (Lipinski definition) is 1. The highest BCUT2D eigenvalue weighted by atomic mass is 16.6. The third-order valence-electron chi connectivity index (χ3n) is 1.74. The Morgan fingerprint density at radius 3 is 2.79 bits per heavy atom. The molecule has 0 saturated heterocycles. The minimum absolute atomic E-state index is 0.0892. The van der Waals surface area contributed by atoms with Gasteiger partial charge >= 0.3 is 0 Å². The van der Waals surface area contributed by atoms with Gasteiger partial charge in [0.2, 0.25) is 5.90 Å². The van der Waals surface area contributed by atoms with Crippen LogP contribution in [0.1, 0.15) is 13.3 Å². The molecular formula is C10H17NO3. The van der Waals surface area contributed by atoms with E-state index in [0.717, 1.165) is 13.0 Å². The maximum Gasteiger partial charge on any atom is 0.206 e. The van der Waals surface area contributed by atoms with Crippen LogP contribution in [0.15, 0.2) is 12.2 Å². The van der Waals surface area contributed by atoms with E-state index >= 15 is 0 Å². The molecule has 0 aliphatic carbocycles. The maximum atomic E-state index is 7.16. The van der Waals surface area contributed by atoms with Crippen LogP contribution in [-0.4, -0.2) is 38.4 Å². The Balaban J connectivity index is 1.89. The lowest BCUT2D eigenvalue weighted by Gasteiger charge is -2.09. The van der Waals surface area contributed by atoms with Crippen molar-refractivity contribution >= 4 is 5.90 Å². The molecule has 1 atom stereocenters. The predicted molar refractivity (Wildman–Crippen MR) is 53.7 cm³/mol. The summed E-state index contributed by atoms with van der Waals surface area (Å²) in [6, 6.07) is 0. The molecule has 1 N–H and O–H groups in total. The highest BCUT2D eigenvalue weighted by molar-refractivity contribution is 5.87. The Labute approximate surface area is 84.4 Å². The third kappa shape index (κ3) is 4.39. The van der Waals surface area contributed by atoms with Gasteiger partial charge in [0, 0.05) is 6.61 Å². The summed E-state index contributed by atoms with van der Waals surface area (Å²) in [6.45, 7) is 4.56. The molecule has 1 rings (SSSR count). The van der Waals surface area contributed by atoms with Crippen molar-refractivity contribution in [2.75, 3.05) is 26.4 Å². The fourth-order valence-electron chi connectivity index (χ4n) is 1.09. The molecule has 1 aliphatic rings. The van der Waals surface area contributed by atoms with E-state index in [1.54, 1.807) is 6.08 Å². The second kappa shape index (κ2) is 6.56. The summed E-state index contributed by atoms with van der Waals surface area (Å²) in [5.74, 6) is 0.209. The van der Waals surface area contributed by atoms with Gasteiger partial charge in [0.15, 0.2) is 0 Å². The van der Waals surface area contributed by atoms with E-state index in [-0.39, 0.29) is 12.0 Å². The van der Waals surface area contributed by atoms with Crippen LogP contribution in [0, 0.1) is 5.41 Å². The summed E-state index contributed by atoms with van der Waals surface area (Å²) in [5, 5.41) is 7.16. The van der Waals surface area contributed by atoms with Gasteiger partial charge in [-0.1, -0.05) is 6.92 Å². The monoisotopic (exact) mass is 199 g/mol. The van der Waals surface area contributed by atoms with Gasteiger partial charge in [-0.15, -0.1) is 0 Å². The molecule has 0 aromatic heterocycles. The van der Waals surface area contributed by atoms with Crippen molar-refractivity contribution in [1.82, 2.24) is 0 Å². The van der Waals surface area contributed by atoms with Crippen molar-refractivity contribution in [2.24, 2.45) is 0 Å². The zero-order chi connectivity index (χ0) is 10.2. The number of hydrogen-bond acceptors (Lipinski definition) is 4. The second-order valence-electron chi connectivity index (χ2n) is 3.07. The molecule has 0 aromatic carbocycles. The standard InChI is InChI=1S/C10H17NO3/c1-2-5-12-6-7-13-8-9-3-4-10(11)14-9/h3-4,9,11H,2,5-8H2,1H3. The molecule has 0 amide bonds. The zero-order valence-corrected chi connectivity index (χ0v) is 8.49. The number of ether oxygens (including phenoxy) is 3. The molecule has 0 radical (unpaired) electrons. The summed E-state index contributed by atoms with van der Waals surface area (Å²) >= 11 is 0. The number of nitrogens with one attached hydrogen (secondary N) is 1. The smallest absolute Gasteiger partial charge is 0.206 e. The van der Waals surface area contributed by atoms with Gasteiger partial charge in [0.1, 0.15) is 6.10 Å². The van der Waals surface area contributed by atoms with E-state index in [0.29, 0.717) is 19.8 Å². The SMILES string of the molecule is CCCOCCOCC1C=CC(=N)O1. The van der Waals surface area contributed by atoms with Gasteiger partial charge in [-0.3, -0.25) is 5.41 Å². The summed E-state index contributed by atoms with van der Waals surface area (Å²) in [4.78, 5) is 0. The van der Waals surface area contributed by atoms with Crippen LogP contribution >= 0.6 is 0 Å². The first-order valence-electron chi connectivity index (χ1n) is 4.92. The van der Waals surface area contributed by atoms with E-state index in [1.165, 1.54) is 0 Å². The molecule has 1 heterocycles. The Morgan fingerprint density at radius 2 is 2.14 bits per heavy atom. The topological polar surface area (TPSA) is 51.5 Å². The minimum atomic E-state index is -0.0892. The van der Waals surface area contributed by atoms with Gasteiger partial charge in [0.25, 0.3) is 0 Å². The van der Waals surface area contributed by atoms with Crippen LogP contribution in [0.5, 0.6) is 0 Å². The van der Waals surface area contributed by atoms with E-state index in [9.17, 15) is 0 Å². The van der Waals surface area contributed by atoms with Crippen molar-refractivity contribution in [3.63, 3.8) is 0 Å². The molecule has 0 fully saturated rings. The molecular weight excluding hydrogens is 182 g/mol. The lowest BCUT2D eigenvalue weighted by Crippen LogP contribution is -2.17. The van der Waals surface area contributed by atoms with Crippen LogP contribution < -0.4 is 0 Å². The van der Waals surface area contributed by atoms with Gasteiger partial charge in [-0.2, -0.15) is 0 Å². The molecule has 0 saturated carbocycles. The van der Waals surface area contributed by atoms with Crippen molar-refractivity contribution in [3.05, 3.63) is 12.2 Å². The second-order valence-corrected chi connectivity index (χ2v) is 3.07. The molecule has 1 aliphatic heterocycles. The summed E-state index contributed by atoms with van der Waals surface area (Å²) < 4.78 is 15.7. The van der Waals surface area contributed by atoms with E-state index in [4.69, 9.17) is 19.6 Å². The highest BCUT2D eigenvalue weighted by Crippen LogP contribution is 2.05. The molecule has 0 aromatic rings. The molecule has 0 spiro atoms. The lowest BCUT2D eigenvalue weighted by molar-refractivity contribution is 0.0224. The van der Waals surface area contributed by atoms with Crippen molar-refractivity contribution in [2.45, 2.75) is 19.4 Å². The first-order valence-corrected chi connectivity index (χ1v) is 4.92. The Hall–Kier alpha value is -0.870. The quantitative estimate of drug-likeness (QED) is 0.630. The largest absolute Gasteiger partial charge is 0.468 e. The van der Waals surface area contributed by atoms with Crippen LogP contribution in [0.2, 0.25) is 0 Å². The summed E-state index contributed by atoms with van der Waals surface area (Å²) in [5.41, 5.74) is 0. The van der Waals surface area contributed by atoms with Gasteiger partial charge in [0.05, 0.1) is 19.8 Å². The highest BCUT2D eigenvalue weighted by Gasteiger charge is 2.13. The first kappa shape index (κ1) is 11.2. The summed E-state index contributed by atoms with van der Waals surface area (Å²) in [7, 11) is 0. The Bertz CT molecular complexity index is 204. The first-order chi connectivity index (χ1) is 6.83. The zero-order valence-electron chi connectivity index (χ0n) is 8.49. The van der Waals surface area contributed by atoms with Crippen LogP contribution in [0.4, 0.5) is 0 Å². The average molecular weight is 199 g/mol. The Morgan fingerprint density at radius 1 is 1.36 bits per heavy atom. The van der Waals surface area contributed by atoms with Crippen molar-refractivity contribution in [1.29, 1.82) is 5.41 Å². The van der Waals surface area contributed by atoms with Crippen molar-refractivity contribution in [3.8, 4) is 0 Å². The van der Waals surface area contributed by atoms with Gasteiger partial charge in [-0.05, 0) is 18.6 Å². The van der Waals surface area contributed by atoms with Crippen LogP contribution in [-0.2, 0) is 14.2 Å². The lowest BCUT2D eigenvalue weighted by atomic mass is 10.4. The molecule has 80 valence electrons. The van der Waals surface area contributed by atoms with Gasteiger partial charge in [-0.25, -0.2) is 0 Å². The minimum Gasteiger partial charge on any atom is -0.468 e. The molecule has 1 unspecified atom stereocenters. The average Bonchev–Trinajstić information content (AvgIpc) is 2.58. The van der Waals surface area contributed by atoms with Crippen LogP contribution in [0.3, 0.4) is 0 Å². The maximum absolute atomic E-state index is 7.16. The van der Waals surface area contributed by atoms with Crippen molar-refractivity contribution < 1.29 is 14.2 Å².